The topological polar surface area (TPSA) is 72.9 Å². The van der Waals surface area contributed by atoms with Crippen LogP contribution in [0.5, 0.6) is 0 Å². The summed E-state index contributed by atoms with van der Waals surface area (Å²) in [7, 11) is 0. The van der Waals surface area contributed by atoms with Crippen molar-refractivity contribution >= 4 is 11.6 Å². The molecule has 6 heteroatoms. The number of aromatic nitrogens is 2. The van der Waals surface area contributed by atoms with Crippen LogP contribution in [0.3, 0.4) is 0 Å². The number of halogens is 1. The van der Waals surface area contributed by atoms with Gasteiger partial charge in [0.25, 0.3) is 5.91 Å². The van der Waals surface area contributed by atoms with E-state index in [4.69, 9.17) is 5.73 Å². The molecule has 1 atom stereocenters. The van der Waals surface area contributed by atoms with Gasteiger partial charge < -0.3 is 11.1 Å². The number of nitrogens with one attached hydrogen (secondary N) is 1. The number of nitrogen functional groups attached to an aromatic ring is 1. The SMILES string of the molecule is Nc1ccc2c(c1)CCCC2NC(=O)c1nn(-c2ccccc2F)c2c1CCC2. The third-order valence-electron chi connectivity index (χ3n) is 6.01. The van der Waals surface area contributed by atoms with Crippen molar-refractivity contribution in [2.24, 2.45) is 0 Å². The molecule has 0 radical (unpaired) electrons. The zero-order valence-corrected chi connectivity index (χ0v) is 16.1. The lowest BCUT2D eigenvalue weighted by Gasteiger charge is -2.26. The Balaban J connectivity index is 1.48. The zero-order valence-electron chi connectivity index (χ0n) is 16.1. The molecule has 2 aromatic carbocycles. The van der Waals surface area contributed by atoms with Gasteiger partial charge in [0.15, 0.2) is 5.69 Å². The average Bonchev–Trinajstić information content (AvgIpc) is 3.31. The van der Waals surface area contributed by atoms with Crippen molar-refractivity contribution in [1.29, 1.82) is 0 Å². The average molecular weight is 390 g/mol. The van der Waals surface area contributed by atoms with Gasteiger partial charge in [0.1, 0.15) is 11.5 Å². The highest BCUT2D eigenvalue weighted by Gasteiger charge is 2.30. The van der Waals surface area contributed by atoms with E-state index in [-0.39, 0.29) is 17.8 Å². The summed E-state index contributed by atoms with van der Waals surface area (Å²) >= 11 is 0. The zero-order chi connectivity index (χ0) is 20.0. The van der Waals surface area contributed by atoms with Crippen molar-refractivity contribution in [3.8, 4) is 5.69 Å². The summed E-state index contributed by atoms with van der Waals surface area (Å²) < 4.78 is 16.0. The minimum atomic E-state index is -0.338. The van der Waals surface area contributed by atoms with E-state index in [0.717, 1.165) is 61.0 Å². The Bertz CT molecular complexity index is 1100. The summed E-state index contributed by atoms with van der Waals surface area (Å²) in [5, 5.41) is 7.71. The fourth-order valence-corrected chi connectivity index (χ4v) is 4.65. The van der Waals surface area contributed by atoms with Crippen LogP contribution in [0.1, 0.15) is 58.2 Å². The van der Waals surface area contributed by atoms with Gasteiger partial charge in [-0.15, -0.1) is 0 Å². The fourth-order valence-electron chi connectivity index (χ4n) is 4.65. The normalized spacial score (nSPS) is 17.6. The van der Waals surface area contributed by atoms with Gasteiger partial charge >= 0.3 is 0 Å². The smallest absolute Gasteiger partial charge is 0.272 e. The lowest BCUT2D eigenvalue weighted by atomic mass is 9.87. The number of hydrogen-bond acceptors (Lipinski definition) is 3. The van der Waals surface area contributed by atoms with Crippen LogP contribution >= 0.6 is 0 Å². The minimum absolute atomic E-state index is 0.0532. The maximum atomic E-state index is 14.4. The van der Waals surface area contributed by atoms with Gasteiger partial charge in [0, 0.05) is 16.9 Å². The highest BCUT2D eigenvalue weighted by atomic mass is 19.1. The third-order valence-corrected chi connectivity index (χ3v) is 6.01. The van der Waals surface area contributed by atoms with E-state index in [1.165, 1.54) is 11.6 Å². The number of nitrogens with zero attached hydrogens (tertiary/aromatic N) is 2. The number of benzene rings is 2. The van der Waals surface area contributed by atoms with Crippen molar-refractivity contribution in [3.63, 3.8) is 0 Å². The molecule has 1 aromatic heterocycles. The van der Waals surface area contributed by atoms with Crippen molar-refractivity contribution in [2.75, 3.05) is 5.73 Å². The summed E-state index contributed by atoms with van der Waals surface area (Å²) in [6.45, 7) is 0. The number of carbonyl (C=O) groups excluding carboxylic acids is 1. The predicted molar refractivity (Wildman–Crippen MR) is 110 cm³/mol. The molecule has 148 valence electrons. The number of carbonyl (C=O) groups is 1. The summed E-state index contributed by atoms with van der Waals surface area (Å²) in [5.41, 5.74) is 11.7. The molecule has 0 fully saturated rings. The van der Waals surface area contributed by atoms with E-state index in [1.54, 1.807) is 22.9 Å². The first-order valence-corrected chi connectivity index (χ1v) is 10.2. The maximum absolute atomic E-state index is 14.4. The van der Waals surface area contributed by atoms with Gasteiger partial charge in [0.2, 0.25) is 0 Å². The third kappa shape index (κ3) is 3.09. The Labute approximate surface area is 168 Å². The molecule has 1 heterocycles. The number of amides is 1. The summed E-state index contributed by atoms with van der Waals surface area (Å²) in [4.78, 5) is 13.2. The molecule has 1 amide bonds. The van der Waals surface area contributed by atoms with Crippen LogP contribution in [0, 0.1) is 5.82 Å². The molecule has 3 aromatic rings. The van der Waals surface area contributed by atoms with Crippen LogP contribution in [0.25, 0.3) is 5.69 Å². The summed E-state index contributed by atoms with van der Waals surface area (Å²) in [6, 6.07) is 12.4. The van der Waals surface area contributed by atoms with E-state index in [1.807, 2.05) is 18.2 Å². The molecule has 29 heavy (non-hydrogen) atoms. The number of fused-ring (bicyclic) bond motifs is 2. The molecule has 1 unspecified atom stereocenters. The summed E-state index contributed by atoms with van der Waals surface area (Å²) in [5.74, 6) is -0.525. The van der Waals surface area contributed by atoms with Crippen LogP contribution in [-0.4, -0.2) is 15.7 Å². The molecule has 0 spiro atoms. The first-order valence-electron chi connectivity index (χ1n) is 10.2. The van der Waals surface area contributed by atoms with E-state index < -0.39 is 0 Å². The first-order chi connectivity index (χ1) is 14.1. The molecule has 2 aliphatic carbocycles. The lowest BCUT2D eigenvalue weighted by molar-refractivity contribution is 0.0926. The maximum Gasteiger partial charge on any atom is 0.272 e. The second-order valence-electron chi connectivity index (χ2n) is 7.87. The van der Waals surface area contributed by atoms with Crippen LogP contribution in [0.4, 0.5) is 10.1 Å². The number of rotatable bonds is 3. The molecule has 0 saturated heterocycles. The quantitative estimate of drug-likeness (QED) is 0.667. The molecule has 5 nitrogen and oxygen atoms in total. The Kier molecular flexibility index (Phi) is 4.34. The second-order valence-corrected chi connectivity index (χ2v) is 7.87. The first kappa shape index (κ1) is 17.9. The fraction of sp³-hybridized carbons (Fsp3) is 0.304. The van der Waals surface area contributed by atoms with Gasteiger partial charge in [-0.1, -0.05) is 18.2 Å². The lowest BCUT2D eigenvalue weighted by Crippen LogP contribution is -2.32. The predicted octanol–water partition coefficient (Wildman–Crippen LogP) is 3.89. The molecular weight excluding hydrogens is 367 g/mol. The van der Waals surface area contributed by atoms with E-state index in [0.29, 0.717) is 11.4 Å². The van der Waals surface area contributed by atoms with Crippen molar-refractivity contribution in [1.82, 2.24) is 15.1 Å². The van der Waals surface area contributed by atoms with Crippen LogP contribution in [0.15, 0.2) is 42.5 Å². The number of nitrogens with two attached hydrogens (primary N) is 1. The van der Waals surface area contributed by atoms with Gasteiger partial charge in [-0.05, 0) is 73.9 Å². The van der Waals surface area contributed by atoms with Gasteiger partial charge in [-0.2, -0.15) is 5.10 Å². The Morgan fingerprint density at radius 1 is 1.14 bits per heavy atom. The van der Waals surface area contributed by atoms with Gasteiger partial charge in [-0.3, -0.25) is 4.79 Å². The van der Waals surface area contributed by atoms with Gasteiger partial charge in [0.05, 0.1) is 6.04 Å². The standard InChI is InChI=1S/C23H23FN4O/c24-18-7-1-2-9-21(18)28-20-10-4-6-17(20)22(27-28)23(29)26-19-8-3-5-14-13-15(25)11-12-16(14)19/h1-2,7,9,11-13,19H,3-6,8,10,25H2,(H,26,29). The number of aryl methyl sites for hydroxylation is 1. The minimum Gasteiger partial charge on any atom is -0.399 e. The van der Waals surface area contributed by atoms with Gasteiger partial charge in [-0.25, -0.2) is 9.07 Å². The van der Waals surface area contributed by atoms with Crippen molar-refractivity contribution < 1.29 is 9.18 Å². The number of para-hydroxylation sites is 1. The van der Waals surface area contributed by atoms with Crippen LogP contribution < -0.4 is 11.1 Å². The Hall–Kier alpha value is -3.15. The molecule has 3 N–H and O–H groups in total. The van der Waals surface area contributed by atoms with Crippen LogP contribution in [0.2, 0.25) is 0 Å². The number of hydrogen-bond donors (Lipinski definition) is 2. The highest BCUT2D eigenvalue weighted by Crippen LogP contribution is 2.33. The van der Waals surface area contributed by atoms with Crippen molar-refractivity contribution in [3.05, 3.63) is 76.4 Å². The van der Waals surface area contributed by atoms with Crippen LogP contribution in [-0.2, 0) is 19.3 Å². The summed E-state index contributed by atoms with van der Waals surface area (Å²) in [6.07, 6.45) is 5.42. The Morgan fingerprint density at radius 3 is 2.86 bits per heavy atom. The number of anilines is 1. The van der Waals surface area contributed by atoms with E-state index in [2.05, 4.69) is 10.4 Å². The largest absolute Gasteiger partial charge is 0.399 e. The monoisotopic (exact) mass is 390 g/mol. The molecule has 0 aliphatic heterocycles. The Morgan fingerprint density at radius 2 is 2.00 bits per heavy atom. The molecular formula is C23H23FN4O. The molecule has 0 bridgehead atoms. The second kappa shape index (κ2) is 7.03. The molecule has 2 aliphatic rings. The van der Waals surface area contributed by atoms with Crippen molar-refractivity contribution in [2.45, 2.75) is 44.6 Å². The molecule has 0 saturated carbocycles. The highest BCUT2D eigenvalue weighted by molar-refractivity contribution is 5.94. The van der Waals surface area contributed by atoms with E-state index in [9.17, 15) is 9.18 Å². The molecule has 5 rings (SSSR count). The van der Waals surface area contributed by atoms with E-state index >= 15 is 0 Å².